The average Bonchev–Trinajstić information content (AvgIpc) is 2.81. The molecule has 1 amide bonds. The summed E-state index contributed by atoms with van der Waals surface area (Å²) in [4.78, 5) is 31.1. The smallest absolute Gasteiger partial charge is 0.391 e. The molecule has 11 heteroatoms. The first-order valence-corrected chi connectivity index (χ1v) is 11.3. The van der Waals surface area contributed by atoms with E-state index in [9.17, 15) is 22.8 Å². The van der Waals surface area contributed by atoms with Crippen LogP contribution in [0.25, 0.3) is 10.9 Å². The van der Waals surface area contributed by atoms with Gasteiger partial charge in [-0.1, -0.05) is 0 Å². The Kier molecular flexibility index (Phi) is 6.35. The van der Waals surface area contributed by atoms with Crippen molar-refractivity contribution in [3.63, 3.8) is 0 Å². The number of methoxy groups -OCH3 is 2. The third-order valence-corrected chi connectivity index (χ3v) is 7.73. The van der Waals surface area contributed by atoms with Gasteiger partial charge in [-0.3, -0.25) is 18.9 Å². The number of pyridine rings is 1. The van der Waals surface area contributed by atoms with Gasteiger partial charge in [0.2, 0.25) is 0 Å². The zero-order chi connectivity index (χ0) is 23.9. The van der Waals surface area contributed by atoms with Crippen molar-refractivity contribution in [2.45, 2.75) is 37.2 Å². The number of alkyl halides is 3. The number of carbonyl (C=O) groups is 2. The van der Waals surface area contributed by atoms with Gasteiger partial charge < -0.3 is 14.4 Å². The van der Waals surface area contributed by atoms with Crippen molar-refractivity contribution in [3.8, 4) is 5.75 Å². The normalized spacial score (nSPS) is 21.6. The number of aromatic nitrogens is 1. The molecule has 0 saturated carbocycles. The van der Waals surface area contributed by atoms with Crippen LogP contribution in [0, 0.1) is 5.92 Å². The van der Waals surface area contributed by atoms with E-state index >= 15 is 0 Å². The highest BCUT2D eigenvalue weighted by molar-refractivity contribution is 8.00. The zero-order valence-corrected chi connectivity index (χ0v) is 19.2. The van der Waals surface area contributed by atoms with Crippen LogP contribution in [0.15, 0.2) is 24.4 Å². The topological polar surface area (TPSA) is 72.0 Å². The number of piperidine rings is 1. The van der Waals surface area contributed by atoms with Crippen LogP contribution in [-0.4, -0.2) is 65.9 Å². The summed E-state index contributed by atoms with van der Waals surface area (Å²) in [6, 6.07) is 4.88. The molecule has 0 spiro atoms. The van der Waals surface area contributed by atoms with E-state index in [4.69, 9.17) is 9.47 Å². The van der Waals surface area contributed by atoms with E-state index in [1.165, 1.54) is 24.7 Å². The Morgan fingerprint density at radius 3 is 2.42 bits per heavy atom. The molecule has 4 rings (SSSR count). The van der Waals surface area contributed by atoms with Crippen LogP contribution in [0.3, 0.4) is 0 Å². The number of hydrogen-bond donors (Lipinski definition) is 0. The molecule has 2 aliphatic heterocycles. The first-order valence-electron chi connectivity index (χ1n) is 10.5. The highest BCUT2D eigenvalue weighted by Gasteiger charge is 2.46. The maximum atomic E-state index is 13.1. The molecule has 0 aliphatic carbocycles. The molecule has 1 aromatic carbocycles. The first-order chi connectivity index (χ1) is 15.6. The Hall–Kier alpha value is -2.69. The minimum atomic E-state index is -4.19. The fourth-order valence-corrected chi connectivity index (χ4v) is 5.26. The van der Waals surface area contributed by atoms with Crippen LogP contribution in [0.4, 0.5) is 18.9 Å². The molecule has 2 saturated heterocycles. The fourth-order valence-electron chi connectivity index (χ4n) is 4.21. The summed E-state index contributed by atoms with van der Waals surface area (Å²) >= 11 is 1.12. The summed E-state index contributed by atoms with van der Waals surface area (Å²) < 4.78 is 50.8. The van der Waals surface area contributed by atoms with Crippen LogP contribution in [0.5, 0.6) is 5.75 Å². The summed E-state index contributed by atoms with van der Waals surface area (Å²) in [6.07, 6.45) is -2.69. The second kappa shape index (κ2) is 8.92. The minimum Gasteiger partial charge on any atom is -0.497 e. The molecule has 7 nitrogen and oxygen atoms in total. The predicted octanol–water partition coefficient (Wildman–Crippen LogP) is 4.06. The molecular formula is C22H24F3N3O4S. The lowest BCUT2D eigenvalue weighted by Crippen LogP contribution is -2.54. The van der Waals surface area contributed by atoms with Crippen molar-refractivity contribution in [2.75, 3.05) is 32.2 Å². The largest absolute Gasteiger partial charge is 0.497 e. The number of fused-ring (bicyclic) bond motifs is 1. The minimum absolute atomic E-state index is 0.0181. The lowest BCUT2D eigenvalue weighted by molar-refractivity contribution is -0.179. The summed E-state index contributed by atoms with van der Waals surface area (Å²) in [5.74, 6) is -1.43. The number of nitrogens with zero attached hydrogens (tertiary/aromatic N) is 3. The van der Waals surface area contributed by atoms with Gasteiger partial charge in [-0.05, 0) is 43.8 Å². The van der Waals surface area contributed by atoms with Gasteiger partial charge in [0.05, 0.1) is 42.9 Å². The summed E-state index contributed by atoms with van der Waals surface area (Å²) in [6.45, 7) is 2.29. The number of ether oxygens (including phenoxy) is 2. The molecule has 1 aromatic heterocycles. The van der Waals surface area contributed by atoms with Gasteiger partial charge in [-0.2, -0.15) is 13.2 Å². The molecule has 2 atom stereocenters. The predicted molar refractivity (Wildman–Crippen MR) is 118 cm³/mol. The van der Waals surface area contributed by atoms with Gasteiger partial charge in [0.1, 0.15) is 11.0 Å². The van der Waals surface area contributed by atoms with Crippen molar-refractivity contribution in [1.82, 2.24) is 9.29 Å². The molecule has 0 radical (unpaired) electrons. The van der Waals surface area contributed by atoms with E-state index in [1.807, 2.05) is 4.90 Å². The third kappa shape index (κ3) is 4.42. The highest BCUT2D eigenvalue weighted by atomic mass is 32.2. The van der Waals surface area contributed by atoms with Crippen LogP contribution in [0.1, 0.15) is 30.1 Å². The Morgan fingerprint density at radius 2 is 1.85 bits per heavy atom. The Balaban J connectivity index is 1.59. The molecular weight excluding hydrogens is 459 g/mol. The first kappa shape index (κ1) is 23.5. The maximum absolute atomic E-state index is 13.1. The van der Waals surface area contributed by atoms with Gasteiger partial charge in [0.25, 0.3) is 5.91 Å². The van der Waals surface area contributed by atoms with E-state index in [2.05, 4.69) is 4.98 Å². The fraction of sp³-hybridized carbons (Fsp3) is 0.500. The van der Waals surface area contributed by atoms with E-state index in [1.54, 1.807) is 25.1 Å². The quantitative estimate of drug-likeness (QED) is 0.480. The van der Waals surface area contributed by atoms with E-state index in [-0.39, 0.29) is 43.8 Å². The van der Waals surface area contributed by atoms with E-state index in [0.717, 1.165) is 11.9 Å². The molecule has 2 fully saturated rings. The molecule has 2 aromatic rings. The molecule has 0 N–H and O–H groups in total. The number of carbonyl (C=O) groups excluding carboxylic acids is 2. The number of benzene rings is 1. The van der Waals surface area contributed by atoms with Gasteiger partial charge in [0, 0.05) is 30.7 Å². The zero-order valence-electron chi connectivity index (χ0n) is 18.4. The molecule has 33 heavy (non-hydrogen) atoms. The summed E-state index contributed by atoms with van der Waals surface area (Å²) in [7, 11) is 2.82. The number of hydrogen-bond acceptors (Lipinski definition) is 7. The molecule has 3 heterocycles. The summed E-state index contributed by atoms with van der Waals surface area (Å²) in [5.41, 5.74) is 1.62. The number of esters is 1. The average molecular weight is 484 g/mol. The SMILES string of the molecule is COC(=O)C1SN(C(=O)c2cnc3c(N4CCC(C(F)(F)F)CC4)cc(OC)cc3c2)C1C. The number of anilines is 1. The van der Waals surface area contributed by atoms with Gasteiger partial charge >= 0.3 is 12.1 Å². The van der Waals surface area contributed by atoms with Gasteiger partial charge in [-0.25, -0.2) is 0 Å². The van der Waals surface area contributed by atoms with Crippen LogP contribution in [-0.2, 0) is 9.53 Å². The highest BCUT2D eigenvalue weighted by Crippen LogP contribution is 2.40. The summed E-state index contributed by atoms with van der Waals surface area (Å²) in [5, 5.41) is 0.217. The molecule has 2 aliphatic rings. The monoisotopic (exact) mass is 483 g/mol. The number of halogens is 3. The van der Waals surface area contributed by atoms with E-state index < -0.39 is 17.3 Å². The van der Waals surface area contributed by atoms with E-state index in [0.29, 0.717) is 27.9 Å². The lowest BCUT2D eigenvalue weighted by atomic mass is 9.95. The Bertz CT molecular complexity index is 1070. The second-order valence-electron chi connectivity index (χ2n) is 8.17. The van der Waals surface area contributed by atoms with Crippen molar-refractivity contribution < 1.29 is 32.2 Å². The maximum Gasteiger partial charge on any atom is 0.391 e. The molecule has 0 bridgehead atoms. The molecule has 2 unspecified atom stereocenters. The Morgan fingerprint density at radius 1 is 1.15 bits per heavy atom. The molecule has 178 valence electrons. The number of rotatable bonds is 4. The van der Waals surface area contributed by atoms with Crippen molar-refractivity contribution >= 4 is 40.4 Å². The second-order valence-corrected chi connectivity index (χ2v) is 9.28. The standard InChI is InChI=1S/C22H24F3N3O4S/c1-12-19(21(30)32-3)33-28(12)20(29)14-8-13-9-16(31-2)10-17(18(13)26-11-14)27-6-4-15(5-7-27)22(23,24)25/h8-12,15,19H,4-7H2,1-3H3. The number of amides is 1. The lowest BCUT2D eigenvalue weighted by Gasteiger charge is -2.42. The van der Waals surface area contributed by atoms with Gasteiger partial charge in [-0.15, -0.1) is 0 Å². The van der Waals surface area contributed by atoms with Crippen LogP contribution in [0.2, 0.25) is 0 Å². The van der Waals surface area contributed by atoms with Crippen LogP contribution >= 0.6 is 11.9 Å². The Labute approximate surface area is 193 Å². The van der Waals surface area contributed by atoms with Gasteiger partial charge in [0.15, 0.2) is 0 Å². The van der Waals surface area contributed by atoms with Crippen molar-refractivity contribution in [2.24, 2.45) is 5.92 Å². The third-order valence-electron chi connectivity index (χ3n) is 6.19. The van der Waals surface area contributed by atoms with Crippen LogP contribution < -0.4 is 9.64 Å². The van der Waals surface area contributed by atoms with Crippen molar-refractivity contribution in [3.05, 3.63) is 30.0 Å². The van der Waals surface area contributed by atoms with Crippen molar-refractivity contribution in [1.29, 1.82) is 0 Å².